The van der Waals surface area contributed by atoms with Crippen molar-refractivity contribution in [2.75, 3.05) is 6.54 Å². The molecule has 0 spiro atoms. The molecule has 1 atom stereocenters. The van der Waals surface area contributed by atoms with Crippen molar-refractivity contribution in [1.29, 1.82) is 0 Å². The molecule has 0 fully saturated rings. The highest BCUT2D eigenvalue weighted by Crippen LogP contribution is 2.26. The van der Waals surface area contributed by atoms with Crippen molar-refractivity contribution in [1.82, 2.24) is 20.2 Å². The Kier molecular flexibility index (Phi) is 6.56. The minimum Gasteiger partial charge on any atom is -0.338 e. The number of thioether (sulfide) groups is 1. The molecule has 0 saturated carbocycles. The molecule has 30 heavy (non-hydrogen) atoms. The van der Waals surface area contributed by atoms with Crippen molar-refractivity contribution in [3.05, 3.63) is 63.9 Å². The molecule has 3 rings (SSSR count). The largest absolute Gasteiger partial charge is 0.338 e. The average molecular weight is 425 g/mol. The van der Waals surface area contributed by atoms with E-state index in [-0.39, 0.29) is 5.56 Å². The van der Waals surface area contributed by atoms with Crippen LogP contribution in [-0.2, 0) is 4.79 Å². The number of hydrogen-bond acceptors (Lipinski definition) is 5. The maximum Gasteiger partial charge on any atom is 0.321 e. The highest BCUT2D eigenvalue weighted by molar-refractivity contribution is 8.00. The number of hydrogen-bond donors (Lipinski definition) is 2. The van der Waals surface area contributed by atoms with Gasteiger partial charge in [0.15, 0.2) is 5.16 Å². The summed E-state index contributed by atoms with van der Waals surface area (Å²) in [6, 6.07) is 12.3. The van der Waals surface area contributed by atoms with Gasteiger partial charge >= 0.3 is 6.03 Å². The third-order valence-electron chi connectivity index (χ3n) is 4.72. The van der Waals surface area contributed by atoms with Gasteiger partial charge in [0, 0.05) is 6.54 Å². The van der Waals surface area contributed by atoms with Crippen molar-refractivity contribution in [3.8, 4) is 5.69 Å². The predicted octanol–water partition coefficient (Wildman–Crippen LogP) is 3.33. The zero-order chi connectivity index (χ0) is 21.8. The summed E-state index contributed by atoms with van der Waals surface area (Å²) in [4.78, 5) is 42.0. The summed E-state index contributed by atoms with van der Waals surface area (Å²) in [6.45, 7) is 7.84. The first-order valence-electron chi connectivity index (χ1n) is 9.66. The van der Waals surface area contributed by atoms with E-state index in [1.165, 1.54) is 4.57 Å². The smallest absolute Gasteiger partial charge is 0.321 e. The van der Waals surface area contributed by atoms with E-state index in [0.29, 0.717) is 28.3 Å². The Bertz CT molecular complexity index is 1170. The van der Waals surface area contributed by atoms with Crippen molar-refractivity contribution in [2.24, 2.45) is 0 Å². The van der Waals surface area contributed by atoms with Crippen LogP contribution in [0, 0.1) is 13.8 Å². The lowest BCUT2D eigenvalue weighted by atomic mass is 10.1. The van der Waals surface area contributed by atoms with Crippen molar-refractivity contribution in [3.63, 3.8) is 0 Å². The lowest BCUT2D eigenvalue weighted by molar-refractivity contribution is -0.119. The quantitative estimate of drug-likeness (QED) is 0.484. The van der Waals surface area contributed by atoms with E-state index in [0.717, 1.165) is 22.9 Å². The minimum absolute atomic E-state index is 0.206. The molecule has 0 aliphatic heterocycles. The first kappa shape index (κ1) is 21.6. The molecule has 0 unspecified atom stereocenters. The van der Waals surface area contributed by atoms with Gasteiger partial charge in [-0.1, -0.05) is 30.0 Å². The second kappa shape index (κ2) is 9.13. The summed E-state index contributed by atoms with van der Waals surface area (Å²) in [5.74, 6) is -0.458. The number of nitrogens with one attached hydrogen (secondary N) is 2. The second-order valence-corrected chi connectivity index (χ2v) is 8.24. The lowest BCUT2D eigenvalue weighted by Gasteiger charge is -2.17. The molecule has 1 heterocycles. The van der Waals surface area contributed by atoms with Gasteiger partial charge < -0.3 is 5.32 Å². The monoisotopic (exact) mass is 424 g/mol. The van der Waals surface area contributed by atoms with Crippen LogP contribution in [-0.4, -0.2) is 33.3 Å². The third-order valence-corrected chi connectivity index (χ3v) is 5.77. The van der Waals surface area contributed by atoms with Gasteiger partial charge in [-0.05, 0) is 63.1 Å². The molecule has 7 nitrogen and oxygen atoms in total. The molecular weight excluding hydrogens is 400 g/mol. The number of rotatable bonds is 5. The molecule has 0 aliphatic rings. The number of carbonyl (C=O) groups is 2. The number of amides is 3. The Hall–Kier alpha value is -3.13. The van der Waals surface area contributed by atoms with Crippen LogP contribution in [0.2, 0.25) is 0 Å². The topological polar surface area (TPSA) is 93.1 Å². The molecule has 0 saturated heterocycles. The van der Waals surface area contributed by atoms with Gasteiger partial charge in [0.05, 0.1) is 21.8 Å². The van der Waals surface area contributed by atoms with Crippen molar-refractivity contribution >= 4 is 34.6 Å². The average Bonchev–Trinajstić information content (AvgIpc) is 2.70. The van der Waals surface area contributed by atoms with Crippen molar-refractivity contribution in [2.45, 2.75) is 38.1 Å². The van der Waals surface area contributed by atoms with E-state index < -0.39 is 17.2 Å². The Balaban J connectivity index is 2.06. The van der Waals surface area contributed by atoms with E-state index in [9.17, 15) is 14.4 Å². The number of para-hydroxylation sites is 1. The Morgan fingerprint density at radius 3 is 2.57 bits per heavy atom. The number of fused-ring (bicyclic) bond motifs is 1. The van der Waals surface area contributed by atoms with Crippen LogP contribution in [0.25, 0.3) is 16.6 Å². The Morgan fingerprint density at radius 2 is 1.87 bits per heavy atom. The fourth-order valence-corrected chi connectivity index (χ4v) is 3.84. The summed E-state index contributed by atoms with van der Waals surface area (Å²) in [7, 11) is 0. The SMILES string of the molecule is CCNC(=O)NC(=O)[C@H](C)Sc1nc2ccccc2c(=O)n1-c1ccc(C)c(C)c1. The molecule has 8 heteroatoms. The third kappa shape index (κ3) is 4.54. The zero-order valence-electron chi connectivity index (χ0n) is 17.4. The van der Waals surface area contributed by atoms with E-state index in [1.54, 1.807) is 32.0 Å². The number of aryl methyl sites for hydroxylation is 2. The molecule has 156 valence electrons. The normalized spacial score (nSPS) is 11.9. The molecule has 0 radical (unpaired) electrons. The van der Waals surface area contributed by atoms with E-state index in [2.05, 4.69) is 15.6 Å². The van der Waals surface area contributed by atoms with Gasteiger partial charge in [-0.2, -0.15) is 0 Å². The van der Waals surface area contributed by atoms with Gasteiger partial charge in [-0.15, -0.1) is 0 Å². The minimum atomic E-state index is -0.640. The van der Waals surface area contributed by atoms with Crippen LogP contribution in [0.4, 0.5) is 4.79 Å². The number of carbonyl (C=O) groups excluding carboxylic acids is 2. The molecule has 2 N–H and O–H groups in total. The summed E-state index contributed by atoms with van der Waals surface area (Å²) in [5, 5.41) is 5.08. The van der Waals surface area contributed by atoms with E-state index >= 15 is 0 Å². The first-order valence-corrected chi connectivity index (χ1v) is 10.5. The molecule has 3 aromatic rings. The van der Waals surface area contributed by atoms with Crippen LogP contribution < -0.4 is 16.2 Å². The number of imide groups is 1. The predicted molar refractivity (Wildman–Crippen MR) is 119 cm³/mol. The van der Waals surface area contributed by atoms with Gasteiger partial charge in [0.25, 0.3) is 5.56 Å². The highest BCUT2D eigenvalue weighted by Gasteiger charge is 2.21. The lowest BCUT2D eigenvalue weighted by Crippen LogP contribution is -2.42. The van der Waals surface area contributed by atoms with Gasteiger partial charge in [0.2, 0.25) is 5.91 Å². The maximum atomic E-state index is 13.3. The standard InChI is InChI=1S/C22H24N4O3S/c1-5-23-21(29)25-19(27)15(4)30-22-24-18-9-7-6-8-17(18)20(28)26(22)16-11-10-13(2)14(3)12-16/h6-12,15H,5H2,1-4H3,(H2,23,25,27,29)/t15-/m0/s1. The number of nitrogens with zero attached hydrogens (tertiary/aromatic N) is 2. The van der Waals surface area contributed by atoms with Gasteiger partial charge in [-0.3, -0.25) is 19.5 Å². The van der Waals surface area contributed by atoms with E-state index in [1.807, 2.05) is 38.1 Å². The molecule has 0 bridgehead atoms. The summed E-state index contributed by atoms with van der Waals surface area (Å²) in [5.41, 5.74) is 3.19. The zero-order valence-corrected chi connectivity index (χ0v) is 18.2. The van der Waals surface area contributed by atoms with Crippen LogP contribution >= 0.6 is 11.8 Å². The van der Waals surface area contributed by atoms with Crippen LogP contribution in [0.15, 0.2) is 52.4 Å². The maximum absolute atomic E-state index is 13.3. The van der Waals surface area contributed by atoms with Crippen LogP contribution in [0.1, 0.15) is 25.0 Å². The molecule has 3 amide bonds. The van der Waals surface area contributed by atoms with Crippen LogP contribution in [0.5, 0.6) is 0 Å². The highest BCUT2D eigenvalue weighted by atomic mass is 32.2. The number of aromatic nitrogens is 2. The second-order valence-electron chi connectivity index (χ2n) is 6.93. The van der Waals surface area contributed by atoms with Gasteiger partial charge in [-0.25, -0.2) is 9.78 Å². The Morgan fingerprint density at radius 1 is 1.13 bits per heavy atom. The summed E-state index contributed by atoms with van der Waals surface area (Å²) < 4.78 is 1.52. The summed E-state index contributed by atoms with van der Waals surface area (Å²) in [6.07, 6.45) is 0. The van der Waals surface area contributed by atoms with Gasteiger partial charge in [0.1, 0.15) is 0 Å². The number of urea groups is 1. The number of benzene rings is 2. The molecular formula is C22H24N4O3S. The first-order chi connectivity index (χ1) is 14.3. The fourth-order valence-electron chi connectivity index (χ4n) is 2.91. The summed E-state index contributed by atoms with van der Waals surface area (Å²) >= 11 is 1.13. The van der Waals surface area contributed by atoms with E-state index in [4.69, 9.17) is 0 Å². The Labute approximate surface area is 178 Å². The molecule has 1 aromatic heterocycles. The fraction of sp³-hybridized carbons (Fsp3) is 0.273. The van der Waals surface area contributed by atoms with Crippen molar-refractivity contribution < 1.29 is 9.59 Å². The molecule has 2 aromatic carbocycles. The van der Waals surface area contributed by atoms with Crippen LogP contribution in [0.3, 0.4) is 0 Å². The molecule has 0 aliphatic carbocycles.